The first-order valence-corrected chi connectivity index (χ1v) is 11.5. The molecule has 1 saturated heterocycles. The van der Waals surface area contributed by atoms with Crippen LogP contribution in [0.2, 0.25) is 0 Å². The normalized spacial score (nSPS) is 19.5. The number of amides is 2. The van der Waals surface area contributed by atoms with Crippen LogP contribution in [-0.2, 0) is 25.7 Å². The lowest BCUT2D eigenvalue weighted by Crippen LogP contribution is -2.70. The third kappa shape index (κ3) is 4.42. The molecule has 34 heavy (non-hydrogen) atoms. The number of thioether (sulfide) groups is 1. The van der Waals surface area contributed by atoms with Crippen molar-refractivity contribution in [3.8, 4) is 0 Å². The van der Waals surface area contributed by atoms with Gasteiger partial charge < -0.3 is 21.0 Å². The Morgan fingerprint density at radius 2 is 2.12 bits per heavy atom. The Balaban J connectivity index is 1.37. The van der Waals surface area contributed by atoms with E-state index < -0.39 is 39.8 Å². The van der Waals surface area contributed by atoms with Gasteiger partial charge in [-0.25, -0.2) is 9.78 Å². The number of fused-ring (bicyclic) bond motifs is 1. The number of nitrogens with zero attached hydrogens (tertiary/aromatic N) is 4. The number of carbonyl (C=O) groups is 3. The molecular weight excluding hydrogens is 488 g/mol. The number of hydrogen-bond acceptors (Lipinski definition) is 12. The molecule has 4 N–H and O–H groups in total. The number of nitrogens with two attached hydrogens (primary N) is 1. The smallest absolute Gasteiger partial charge is 0.355 e. The summed E-state index contributed by atoms with van der Waals surface area (Å²) in [4.78, 5) is 53.2. The van der Waals surface area contributed by atoms with Crippen molar-refractivity contribution in [1.82, 2.24) is 15.2 Å². The molecule has 4 rings (SSSR count). The Labute approximate surface area is 199 Å². The minimum Gasteiger partial charge on any atom is -0.456 e. The van der Waals surface area contributed by atoms with Crippen molar-refractivity contribution in [1.29, 1.82) is 0 Å². The maximum absolute atomic E-state index is 12.7. The predicted octanol–water partition coefficient (Wildman–Crippen LogP) is 0.839. The average Bonchev–Trinajstić information content (AvgIpc) is 3.26. The molecular formula is C19H16N6O7S2. The third-order valence-corrected chi connectivity index (χ3v) is 6.80. The lowest BCUT2D eigenvalue weighted by atomic mass is 10.0. The van der Waals surface area contributed by atoms with Crippen molar-refractivity contribution < 1.29 is 29.3 Å². The van der Waals surface area contributed by atoms with Crippen LogP contribution in [-0.4, -0.2) is 60.7 Å². The second kappa shape index (κ2) is 9.48. The van der Waals surface area contributed by atoms with Crippen molar-refractivity contribution in [3.63, 3.8) is 0 Å². The summed E-state index contributed by atoms with van der Waals surface area (Å²) in [5, 5.41) is 26.5. The van der Waals surface area contributed by atoms with Crippen molar-refractivity contribution >= 4 is 57.4 Å². The molecule has 176 valence electrons. The van der Waals surface area contributed by atoms with Crippen molar-refractivity contribution in [2.75, 3.05) is 11.5 Å². The number of oxime groups is 1. The molecule has 2 aliphatic rings. The van der Waals surface area contributed by atoms with Crippen LogP contribution in [0.25, 0.3) is 0 Å². The van der Waals surface area contributed by atoms with E-state index in [0.29, 0.717) is 11.3 Å². The third-order valence-electron chi connectivity index (χ3n) is 4.94. The highest BCUT2D eigenvalue weighted by Crippen LogP contribution is 2.38. The highest BCUT2D eigenvalue weighted by molar-refractivity contribution is 8.00. The van der Waals surface area contributed by atoms with Gasteiger partial charge in [-0.3, -0.25) is 24.6 Å². The van der Waals surface area contributed by atoms with Crippen LogP contribution in [0.4, 0.5) is 10.8 Å². The van der Waals surface area contributed by atoms with Gasteiger partial charge in [0.2, 0.25) is 0 Å². The molecule has 15 heteroatoms. The molecule has 0 radical (unpaired) electrons. The fourth-order valence-electron chi connectivity index (χ4n) is 3.29. The number of anilines is 1. The zero-order valence-electron chi connectivity index (χ0n) is 17.1. The van der Waals surface area contributed by atoms with E-state index in [-0.39, 0.29) is 28.8 Å². The number of esters is 1. The molecule has 0 spiro atoms. The zero-order valence-corrected chi connectivity index (χ0v) is 18.7. The van der Waals surface area contributed by atoms with Gasteiger partial charge in [0.15, 0.2) is 10.8 Å². The molecule has 1 aromatic heterocycles. The Bertz CT molecular complexity index is 1230. The Hall–Kier alpha value is -3.98. The van der Waals surface area contributed by atoms with Gasteiger partial charge in [0.25, 0.3) is 17.5 Å². The zero-order chi connectivity index (χ0) is 24.4. The number of nitrogen functional groups attached to an aromatic ring is 1. The fraction of sp³-hybridized carbons (Fsp3) is 0.211. The number of ether oxygens (including phenoxy) is 1. The SMILES string of the molecule is Nc1nc(C(=NO)C(=O)NC2C(=O)N3C(C(=O)OCc4ccc([N+](=O)[O-])cc4)=CCS[C@@H]23)cs1. The van der Waals surface area contributed by atoms with E-state index in [4.69, 9.17) is 10.5 Å². The van der Waals surface area contributed by atoms with Gasteiger partial charge in [-0.05, 0) is 23.8 Å². The van der Waals surface area contributed by atoms with Crippen LogP contribution >= 0.6 is 23.1 Å². The summed E-state index contributed by atoms with van der Waals surface area (Å²) in [6, 6.07) is 4.58. The molecule has 1 aromatic carbocycles. The lowest BCUT2D eigenvalue weighted by molar-refractivity contribution is -0.384. The number of aromatic nitrogens is 1. The second-order valence-corrected chi connectivity index (χ2v) is 9.03. The first kappa shape index (κ1) is 23.2. The van der Waals surface area contributed by atoms with Crippen molar-refractivity contribution in [2.45, 2.75) is 18.0 Å². The van der Waals surface area contributed by atoms with Crippen LogP contribution in [0.5, 0.6) is 0 Å². The maximum Gasteiger partial charge on any atom is 0.355 e. The highest BCUT2D eigenvalue weighted by atomic mass is 32.2. The molecule has 0 saturated carbocycles. The molecule has 0 aliphatic carbocycles. The molecule has 1 fully saturated rings. The first-order chi connectivity index (χ1) is 16.3. The lowest BCUT2D eigenvalue weighted by Gasteiger charge is -2.48. The number of hydrogen-bond donors (Lipinski definition) is 3. The number of nitrogens with one attached hydrogen (secondary N) is 1. The number of carbonyl (C=O) groups excluding carboxylic acids is 3. The van der Waals surface area contributed by atoms with Gasteiger partial charge in [0.05, 0.1) is 4.92 Å². The summed E-state index contributed by atoms with van der Waals surface area (Å²) in [5.41, 5.74) is 5.72. The molecule has 1 unspecified atom stereocenters. The highest BCUT2D eigenvalue weighted by Gasteiger charge is 2.53. The van der Waals surface area contributed by atoms with E-state index in [1.165, 1.54) is 46.3 Å². The number of nitro benzene ring substituents is 1. The molecule has 2 aromatic rings. The molecule has 3 heterocycles. The molecule has 2 aliphatic heterocycles. The standard InChI is InChI=1S/C19H16N6O7S2/c20-19-21-11(8-34-19)13(23-29)15(26)22-14-16(27)24-12(5-6-33-17(14)24)18(28)32-7-9-1-3-10(4-2-9)25(30)31/h1-5,8,14,17,29H,6-7H2,(H2,20,21)(H,22,26)/t14?,17-/m0/s1. The summed E-state index contributed by atoms with van der Waals surface area (Å²) in [7, 11) is 0. The van der Waals surface area contributed by atoms with E-state index in [1.54, 1.807) is 6.08 Å². The number of non-ortho nitro benzene ring substituents is 1. The quantitative estimate of drug-likeness (QED) is 0.122. The van der Waals surface area contributed by atoms with Crippen LogP contribution in [0.3, 0.4) is 0 Å². The van der Waals surface area contributed by atoms with Gasteiger partial charge in [-0.15, -0.1) is 23.1 Å². The minimum atomic E-state index is -0.948. The molecule has 2 amide bonds. The first-order valence-electron chi connectivity index (χ1n) is 9.59. The van der Waals surface area contributed by atoms with Crippen molar-refractivity contribution in [2.24, 2.45) is 5.16 Å². The van der Waals surface area contributed by atoms with Crippen LogP contribution in [0.15, 0.2) is 46.6 Å². The molecule has 2 atom stereocenters. The number of β-lactam (4-membered cyclic amide) rings is 1. The van der Waals surface area contributed by atoms with Crippen LogP contribution in [0.1, 0.15) is 11.3 Å². The van der Waals surface area contributed by atoms with Gasteiger partial charge in [0.1, 0.15) is 29.4 Å². The number of thiazole rings is 1. The van der Waals surface area contributed by atoms with E-state index in [1.807, 2.05) is 0 Å². The Morgan fingerprint density at radius 1 is 1.38 bits per heavy atom. The Kier molecular flexibility index (Phi) is 6.47. The van der Waals surface area contributed by atoms with Gasteiger partial charge >= 0.3 is 5.97 Å². The van der Waals surface area contributed by atoms with E-state index in [9.17, 15) is 29.7 Å². The summed E-state index contributed by atoms with van der Waals surface area (Å²) < 4.78 is 5.26. The monoisotopic (exact) mass is 504 g/mol. The van der Waals surface area contributed by atoms with Gasteiger partial charge in [0, 0.05) is 23.3 Å². The minimum absolute atomic E-state index is 0.0458. The largest absolute Gasteiger partial charge is 0.456 e. The molecule has 13 nitrogen and oxygen atoms in total. The van der Waals surface area contributed by atoms with E-state index in [0.717, 1.165) is 11.3 Å². The average molecular weight is 505 g/mol. The number of nitro groups is 1. The summed E-state index contributed by atoms with van der Waals surface area (Å²) in [6.07, 6.45) is 1.55. The Morgan fingerprint density at radius 3 is 2.74 bits per heavy atom. The number of benzene rings is 1. The van der Waals surface area contributed by atoms with Gasteiger partial charge in [-0.2, -0.15) is 0 Å². The number of rotatable bonds is 7. The topological polar surface area (TPSA) is 190 Å². The summed E-state index contributed by atoms with van der Waals surface area (Å²) >= 11 is 2.39. The van der Waals surface area contributed by atoms with Gasteiger partial charge in [-0.1, -0.05) is 5.16 Å². The fourth-order valence-corrected chi connectivity index (χ4v) is 5.03. The van der Waals surface area contributed by atoms with Crippen molar-refractivity contribution in [3.05, 3.63) is 62.8 Å². The van der Waals surface area contributed by atoms with E-state index >= 15 is 0 Å². The molecule has 0 bridgehead atoms. The second-order valence-electron chi connectivity index (χ2n) is 6.99. The van der Waals surface area contributed by atoms with E-state index in [2.05, 4.69) is 15.5 Å². The predicted molar refractivity (Wildman–Crippen MR) is 121 cm³/mol. The van der Waals surface area contributed by atoms with Crippen LogP contribution in [0, 0.1) is 10.1 Å². The summed E-state index contributed by atoms with van der Waals surface area (Å²) in [5.74, 6) is -1.69. The van der Waals surface area contributed by atoms with Crippen LogP contribution < -0.4 is 11.1 Å². The summed E-state index contributed by atoms with van der Waals surface area (Å²) in [6.45, 7) is -0.138. The maximum atomic E-state index is 12.7.